The summed E-state index contributed by atoms with van der Waals surface area (Å²) in [5, 5.41) is 3.35. The molecule has 1 N–H and O–H groups in total. The molecule has 0 bridgehead atoms. The van der Waals surface area contributed by atoms with Gasteiger partial charge in [-0.1, -0.05) is 13.8 Å². The Balaban J connectivity index is 0.00000200. The SMILES string of the molecule is COCC1(C(=O)N2CCC(C)C(C)C2)CCNCC1.Cl. The van der Waals surface area contributed by atoms with E-state index >= 15 is 0 Å². The molecule has 2 fully saturated rings. The van der Waals surface area contributed by atoms with Crippen LogP contribution in [0.2, 0.25) is 0 Å². The fourth-order valence-corrected chi connectivity index (χ4v) is 3.38. The van der Waals surface area contributed by atoms with Crippen LogP contribution in [0.25, 0.3) is 0 Å². The molecule has 4 nitrogen and oxygen atoms in total. The molecule has 5 heteroatoms. The summed E-state index contributed by atoms with van der Waals surface area (Å²) in [7, 11) is 1.71. The summed E-state index contributed by atoms with van der Waals surface area (Å²) < 4.78 is 5.37. The number of halogens is 1. The summed E-state index contributed by atoms with van der Waals surface area (Å²) in [5.74, 6) is 1.67. The van der Waals surface area contributed by atoms with Gasteiger partial charge in [-0.3, -0.25) is 4.79 Å². The number of methoxy groups -OCH3 is 1. The Morgan fingerprint density at radius 3 is 2.50 bits per heavy atom. The van der Waals surface area contributed by atoms with Crippen LogP contribution < -0.4 is 5.32 Å². The van der Waals surface area contributed by atoms with E-state index in [4.69, 9.17) is 4.74 Å². The number of nitrogens with zero attached hydrogens (tertiary/aromatic N) is 1. The van der Waals surface area contributed by atoms with Gasteiger partial charge in [-0.05, 0) is 44.2 Å². The number of nitrogens with one attached hydrogen (secondary N) is 1. The van der Waals surface area contributed by atoms with Gasteiger partial charge in [-0.25, -0.2) is 0 Å². The monoisotopic (exact) mass is 304 g/mol. The van der Waals surface area contributed by atoms with Crippen LogP contribution in [0.3, 0.4) is 0 Å². The standard InChI is InChI=1S/C15H28N2O2.ClH/c1-12-4-9-17(10-13(12)2)14(18)15(11-19-3)5-7-16-8-6-15;/h12-13,16H,4-11H2,1-3H3;1H. The summed E-state index contributed by atoms with van der Waals surface area (Å²) in [6.07, 6.45) is 2.94. The van der Waals surface area contributed by atoms with Gasteiger partial charge in [-0.15, -0.1) is 12.4 Å². The predicted molar refractivity (Wildman–Crippen MR) is 83.2 cm³/mol. The summed E-state index contributed by atoms with van der Waals surface area (Å²) in [6, 6.07) is 0. The number of piperidine rings is 2. The maximum absolute atomic E-state index is 12.9. The maximum Gasteiger partial charge on any atom is 0.231 e. The highest BCUT2D eigenvalue weighted by atomic mass is 35.5. The minimum absolute atomic E-state index is 0. The van der Waals surface area contributed by atoms with Crippen LogP contribution >= 0.6 is 12.4 Å². The van der Waals surface area contributed by atoms with E-state index in [-0.39, 0.29) is 17.8 Å². The second kappa shape index (κ2) is 7.62. The maximum atomic E-state index is 12.9. The average molecular weight is 305 g/mol. The molecule has 0 aliphatic carbocycles. The predicted octanol–water partition coefficient (Wildman–Crippen LogP) is 1.93. The Kier molecular flexibility index (Phi) is 6.76. The zero-order valence-corrected chi connectivity index (χ0v) is 13.8. The Hall–Kier alpha value is -0.320. The normalized spacial score (nSPS) is 29.6. The third kappa shape index (κ3) is 3.66. The van der Waals surface area contributed by atoms with Crippen molar-refractivity contribution in [3.63, 3.8) is 0 Å². The third-order valence-corrected chi connectivity index (χ3v) is 5.06. The Morgan fingerprint density at radius 1 is 1.30 bits per heavy atom. The quantitative estimate of drug-likeness (QED) is 0.866. The van der Waals surface area contributed by atoms with Crippen molar-refractivity contribution in [3.8, 4) is 0 Å². The molecule has 2 heterocycles. The number of rotatable bonds is 3. The molecule has 0 saturated carbocycles. The number of amides is 1. The molecule has 2 unspecified atom stereocenters. The molecule has 1 amide bonds. The van der Waals surface area contributed by atoms with Gasteiger partial charge in [0, 0.05) is 20.2 Å². The van der Waals surface area contributed by atoms with Crippen LogP contribution in [0, 0.1) is 17.3 Å². The van der Waals surface area contributed by atoms with Crippen LogP contribution in [0.4, 0.5) is 0 Å². The molecule has 0 spiro atoms. The number of hydrogen-bond acceptors (Lipinski definition) is 3. The van der Waals surface area contributed by atoms with Gasteiger partial charge >= 0.3 is 0 Å². The first-order valence-corrected chi connectivity index (χ1v) is 7.58. The van der Waals surface area contributed by atoms with Crippen molar-refractivity contribution in [2.75, 3.05) is 39.9 Å². The number of likely N-dealkylation sites (tertiary alicyclic amines) is 1. The lowest BCUT2D eigenvalue weighted by Gasteiger charge is -2.43. The van der Waals surface area contributed by atoms with E-state index in [0.717, 1.165) is 51.4 Å². The zero-order valence-electron chi connectivity index (χ0n) is 13.0. The number of hydrogen-bond donors (Lipinski definition) is 1. The van der Waals surface area contributed by atoms with Gasteiger partial charge in [-0.2, -0.15) is 0 Å². The van der Waals surface area contributed by atoms with Crippen LogP contribution in [0.1, 0.15) is 33.1 Å². The van der Waals surface area contributed by atoms with Gasteiger partial charge in [0.25, 0.3) is 0 Å². The molecule has 0 aromatic rings. The van der Waals surface area contributed by atoms with Crippen molar-refractivity contribution in [2.24, 2.45) is 17.3 Å². The van der Waals surface area contributed by atoms with Gasteiger partial charge in [0.15, 0.2) is 0 Å². The Bertz CT molecular complexity index is 313. The van der Waals surface area contributed by atoms with Crippen molar-refractivity contribution in [3.05, 3.63) is 0 Å². The van der Waals surface area contributed by atoms with E-state index in [1.54, 1.807) is 7.11 Å². The largest absolute Gasteiger partial charge is 0.384 e. The fourth-order valence-electron chi connectivity index (χ4n) is 3.38. The molecule has 2 aliphatic heterocycles. The topological polar surface area (TPSA) is 41.6 Å². The number of ether oxygens (including phenoxy) is 1. The molecule has 2 aliphatic rings. The van der Waals surface area contributed by atoms with Crippen molar-refractivity contribution in [2.45, 2.75) is 33.1 Å². The second-order valence-corrected chi connectivity index (χ2v) is 6.46. The van der Waals surface area contributed by atoms with Gasteiger partial charge in [0.05, 0.1) is 12.0 Å². The van der Waals surface area contributed by atoms with Crippen LogP contribution in [-0.2, 0) is 9.53 Å². The Morgan fingerprint density at radius 2 is 1.95 bits per heavy atom. The molecular formula is C15H29ClN2O2. The van der Waals surface area contributed by atoms with E-state index in [1.165, 1.54) is 0 Å². The highest BCUT2D eigenvalue weighted by molar-refractivity contribution is 5.85. The first-order valence-electron chi connectivity index (χ1n) is 7.58. The zero-order chi connectivity index (χ0) is 13.9. The molecule has 0 radical (unpaired) electrons. The summed E-state index contributed by atoms with van der Waals surface area (Å²) in [4.78, 5) is 15.0. The molecule has 2 rings (SSSR count). The lowest BCUT2D eigenvalue weighted by molar-refractivity contribution is -0.150. The van der Waals surface area contributed by atoms with Crippen LogP contribution in [0.15, 0.2) is 0 Å². The van der Waals surface area contributed by atoms with Gasteiger partial charge in [0.1, 0.15) is 0 Å². The molecule has 0 aromatic carbocycles. The van der Waals surface area contributed by atoms with Crippen molar-refractivity contribution in [1.82, 2.24) is 10.2 Å². The van der Waals surface area contributed by atoms with Crippen molar-refractivity contribution in [1.29, 1.82) is 0 Å². The van der Waals surface area contributed by atoms with Crippen molar-refractivity contribution >= 4 is 18.3 Å². The molecule has 2 saturated heterocycles. The number of carbonyl (C=O) groups is 1. The Labute approximate surface area is 129 Å². The lowest BCUT2D eigenvalue weighted by Crippen LogP contribution is -2.54. The van der Waals surface area contributed by atoms with Gasteiger partial charge in [0.2, 0.25) is 5.91 Å². The molecule has 0 aromatic heterocycles. The average Bonchev–Trinajstić information content (AvgIpc) is 2.42. The third-order valence-electron chi connectivity index (χ3n) is 5.06. The van der Waals surface area contributed by atoms with Gasteiger partial charge < -0.3 is 15.0 Å². The lowest BCUT2D eigenvalue weighted by atomic mass is 9.77. The van der Waals surface area contributed by atoms with E-state index in [9.17, 15) is 4.79 Å². The fraction of sp³-hybridized carbons (Fsp3) is 0.933. The molecule has 2 atom stereocenters. The summed E-state index contributed by atoms with van der Waals surface area (Å²) in [6.45, 7) is 8.80. The smallest absolute Gasteiger partial charge is 0.231 e. The van der Waals surface area contributed by atoms with Crippen molar-refractivity contribution < 1.29 is 9.53 Å². The first kappa shape index (κ1) is 17.7. The van der Waals surface area contributed by atoms with E-state index in [1.807, 2.05) is 0 Å². The van der Waals surface area contributed by atoms with Crippen LogP contribution in [0.5, 0.6) is 0 Å². The van der Waals surface area contributed by atoms with E-state index in [0.29, 0.717) is 18.4 Å². The second-order valence-electron chi connectivity index (χ2n) is 6.46. The summed E-state index contributed by atoms with van der Waals surface area (Å²) in [5.41, 5.74) is -0.277. The van der Waals surface area contributed by atoms with Crippen LogP contribution in [-0.4, -0.2) is 50.7 Å². The highest BCUT2D eigenvalue weighted by Crippen LogP contribution is 2.34. The van der Waals surface area contributed by atoms with E-state index in [2.05, 4.69) is 24.1 Å². The molecule has 20 heavy (non-hydrogen) atoms. The van der Waals surface area contributed by atoms with E-state index < -0.39 is 0 Å². The molecular weight excluding hydrogens is 276 g/mol. The minimum atomic E-state index is -0.277. The minimum Gasteiger partial charge on any atom is -0.384 e. The highest BCUT2D eigenvalue weighted by Gasteiger charge is 2.43. The number of carbonyl (C=O) groups excluding carboxylic acids is 1. The first-order chi connectivity index (χ1) is 9.09. The summed E-state index contributed by atoms with van der Waals surface area (Å²) >= 11 is 0. The molecule has 118 valence electrons.